The van der Waals surface area contributed by atoms with Gasteiger partial charge in [-0.05, 0) is 29.8 Å². The molecular weight excluding hydrogens is 340 g/mol. The fourth-order valence-corrected chi connectivity index (χ4v) is 3.46. The Labute approximate surface area is 151 Å². The second kappa shape index (κ2) is 7.28. The Bertz CT molecular complexity index is 845. The van der Waals surface area contributed by atoms with E-state index in [0.29, 0.717) is 0 Å². The molecule has 124 valence electrons. The SMILES string of the molecule is CN(C)c1cccc(-c2nnc(SCc3cccc(Cl)c3)n2C)c1. The van der Waals surface area contributed by atoms with E-state index < -0.39 is 0 Å². The van der Waals surface area contributed by atoms with Crippen LogP contribution in [0.2, 0.25) is 5.02 Å². The molecule has 0 saturated heterocycles. The van der Waals surface area contributed by atoms with Gasteiger partial charge in [0.15, 0.2) is 11.0 Å². The minimum atomic E-state index is 0.757. The molecule has 0 aliphatic rings. The second-order valence-corrected chi connectivity index (χ2v) is 7.11. The van der Waals surface area contributed by atoms with Gasteiger partial charge in [-0.1, -0.05) is 47.6 Å². The van der Waals surface area contributed by atoms with E-state index in [1.165, 1.54) is 5.56 Å². The number of thioether (sulfide) groups is 1. The van der Waals surface area contributed by atoms with Crippen LogP contribution in [0.25, 0.3) is 11.4 Å². The molecule has 24 heavy (non-hydrogen) atoms. The van der Waals surface area contributed by atoms with Crippen molar-refractivity contribution in [1.82, 2.24) is 14.8 Å². The van der Waals surface area contributed by atoms with Crippen LogP contribution in [0.4, 0.5) is 5.69 Å². The topological polar surface area (TPSA) is 34.0 Å². The molecule has 0 aliphatic heterocycles. The van der Waals surface area contributed by atoms with Crippen molar-refractivity contribution in [2.45, 2.75) is 10.9 Å². The Balaban J connectivity index is 1.80. The number of anilines is 1. The highest BCUT2D eigenvalue weighted by Crippen LogP contribution is 2.27. The van der Waals surface area contributed by atoms with Crippen molar-refractivity contribution < 1.29 is 0 Å². The quantitative estimate of drug-likeness (QED) is 0.629. The molecule has 4 nitrogen and oxygen atoms in total. The molecule has 6 heteroatoms. The minimum Gasteiger partial charge on any atom is -0.378 e. The monoisotopic (exact) mass is 358 g/mol. The minimum absolute atomic E-state index is 0.757. The summed E-state index contributed by atoms with van der Waals surface area (Å²) in [7, 11) is 6.06. The van der Waals surface area contributed by atoms with Crippen LogP contribution in [-0.4, -0.2) is 28.9 Å². The molecule has 0 amide bonds. The van der Waals surface area contributed by atoms with Gasteiger partial charge in [0.05, 0.1) is 0 Å². The summed E-state index contributed by atoms with van der Waals surface area (Å²) in [5, 5.41) is 10.3. The van der Waals surface area contributed by atoms with E-state index in [4.69, 9.17) is 11.6 Å². The van der Waals surface area contributed by atoms with Gasteiger partial charge in [0.25, 0.3) is 0 Å². The summed E-state index contributed by atoms with van der Waals surface area (Å²) in [4.78, 5) is 2.08. The molecule has 0 bridgehead atoms. The predicted molar refractivity (Wildman–Crippen MR) is 102 cm³/mol. The first kappa shape index (κ1) is 16.9. The highest BCUT2D eigenvalue weighted by atomic mass is 35.5. The van der Waals surface area contributed by atoms with Gasteiger partial charge in [0.2, 0.25) is 0 Å². The van der Waals surface area contributed by atoms with Crippen molar-refractivity contribution in [3.8, 4) is 11.4 Å². The fourth-order valence-electron chi connectivity index (χ4n) is 2.39. The number of hydrogen-bond donors (Lipinski definition) is 0. The Morgan fingerprint density at radius 1 is 1.08 bits per heavy atom. The molecule has 0 fully saturated rings. The summed E-state index contributed by atoms with van der Waals surface area (Å²) < 4.78 is 2.03. The van der Waals surface area contributed by atoms with Gasteiger partial charge in [-0.2, -0.15) is 0 Å². The Morgan fingerprint density at radius 2 is 1.88 bits per heavy atom. The van der Waals surface area contributed by atoms with Crippen molar-refractivity contribution in [3.63, 3.8) is 0 Å². The lowest BCUT2D eigenvalue weighted by Gasteiger charge is -2.13. The summed E-state index contributed by atoms with van der Waals surface area (Å²) in [5.41, 5.74) is 3.38. The van der Waals surface area contributed by atoms with Crippen molar-refractivity contribution >= 4 is 29.1 Å². The molecule has 3 aromatic rings. The smallest absolute Gasteiger partial charge is 0.191 e. The van der Waals surface area contributed by atoms with Gasteiger partial charge in [0.1, 0.15) is 0 Å². The summed E-state index contributed by atoms with van der Waals surface area (Å²) in [6, 6.07) is 16.2. The van der Waals surface area contributed by atoms with Gasteiger partial charge in [0, 0.05) is 43.2 Å². The Kier molecular flexibility index (Phi) is 5.11. The van der Waals surface area contributed by atoms with Gasteiger partial charge < -0.3 is 9.47 Å². The highest BCUT2D eigenvalue weighted by Gasteiger charge is 2.12. The van der Waals surface area contributed by atoms with Gasteiger partial charge in [-0.25, -0.2) is 0 Å². The highest BCUT2D eigenvalue weighted by molar-refractivity contribution is 7.98. The zero-order valence-corrected chi connectivity index (χ0v) is 15.5. The van der Waals surface area contributed by atoms with Crippen LogP contribution in [0, 0.1) is 0 Å². The first-order valence-electron chi connectivity index (χ1n) is 7.59. The maximum atomic E-state index is 6.04. The average Bonchev–Trinajstić information content (AvgIpc) is 2.94. The molecule has 0 atom stereocenters. The van der Waals surface area contributed by atoms with Gasteiger partial charge in [-0.3, -0.25) is 0 Å². The molecule has 3 rings (SSSR count). The largest absolute Gasteiger partial charge is 0.378 e. The second-order valence-electron chi connectivity index (χ2n) is 5.73. The average molecular weight is 359 g/mol. The normalized spacial score (nSPS) is 10.8. The third-order valence-electron chi connectivity index (χ3n) is 3.71. The number of nitrogens with zero attached hydrogens (tertiary/aromatic N) is 4. The lowest BCUT2D eigenvalue weighted by molar-refractivity contribution is 0.794. The number of rotatable bonds is 5. The zero-order valence-electron chi connectivity index (χ0n) is 13.9. The van der Waals surface area contributed by atoms with Crippen LogP contribution in [0.3, 0.4) is 0 Å². The third-order valence-corrected chi connectivity index (χ3v) is 5.04. The lowest BCUT2D eigenvalue weighted by Crippen LogP contribution is -2.08. The molecule has 0 N–H and O–H groups in total. The summed E-state index contributed by atoms with van der Waals surface area (Å²) in [6.45, 7) is 0. The maximum absolute atomic E-state index is 6.04. The summed E-state index contributed by atoms with van der Waals surface area (Å²) in [6.07, 6.45) is 0. The van der Waals surface area contributed by atoms with E-state index in [1.54, 1.807) is 11.8 Å². The van der Waals surface area contributed by atoms with E-state index in [9.17, 15) is 0 Å². The van der Waals surface area contributed by atoms with Crippen LogP contribution < -0.4 is 4.90 Å². The first-order chi connectivity index (χ1) is 11.5. The van der Waals surface area contributed by atoms with Crippen molar-refractivity contribution in [2.75, 3.05) is 19.0 Å². The molecule has 1 heterocycles. The molecule has 0 saturated carbocycles. The van der Waals surface area contributed by atoms with E-state index in [1.807, 2.05) is 50.0 Å². The molecular formula is C18H19ClN4S. The zero-order chi connectivity index (χ0) is 17.1. The molecule has 1 aromatic heterocycles. The molecule has 0 radical (unpaired) electrons. The van der Waals surface area contributed by atoms with Crippen molar-refractivity contribution in [3.05, 3.63) is 59.1 Å². The third kappa shape index (κ3) is 3.74. The van der Waals surface area contributed by atoms with E-state index >= 15 is 0 Å². The number of halogens is 1. The lowest BCUT2D eigenvalue weighted by atomic mass is 10.2. The van der Waals surface area contributed by atoms with Crippen LogP contribution in [0.15, 0.2) is 53.7 Å². The van der Waals surface area contributed by atoms with E-state index in [2.05, 4.69) is 39.4 Å². The standard InChI is InChI=1S/C18H19ClN4S/c1-22(2)16-9-5-7-14(11-16)17-20-21-18(23(17)3)24-12-13-6-4-8-15(19)10-13/h4-11H,12H2,1-3H3. The van der Waals surface area contributed by atoms with Gasteiger partial charge >= 0.3 is 0 Å². The van der Waals surface area contributed by atoms with Crippen molar-refractivity contribution in [1.29, 1.82) is 0 Å². The van der Waals surface area contributed by atoms with Crippen LogP contribution in [0.5, 0.6) is 0 Å². The first-order valence-corrected chi connectivity index (χ1v) is 8.95. The van der Waals surface area contributed by atoms with Crippen LogP contribution in [-0.2, 0) is 12.8 Å². The van der Waals surface area contributed by atoms with E-state index in [-0.39, 0.29) is 0 Å². The summed E-state index contributed by atoms with van der Waals surface area (Å²) in [5.74, 6) is 1.68. The summed E-state index contributed by atoms with van der Waals surface area (Å²) >= 11 is 7.69. The fraction of sp³-hybridized carbons (Fsp3) is 0.222. The predicted octanol–water partition coefficient (Wildman–Crippen LogP) is 4.49. The molecule has 0 aliphatic carbocycles. The van der Waals surface area contributed by atoms with Crippen LogP contribution >= 0.6 is 23.4 Å². The number of benzene rings is 2. The van der Waals surface area contributed by atoms with Crippen LogP contribution in [0.1, 0.15) is 5.56 Å². The Morgan fingerprint density at radius 3 is 2.62 bits per heavy atom. The van der Waals surface area contributed by atoms with Crippen molar-refractivity contribution in [2.24, 2.45) is 7.05 Å². The van der Waals surface area contributed by atoms with E-state index in [0.717, 1.165) is 33.0 Å². The Hall–Kier alpha value is -1.98. The molecule has 0 unspecified atom stereocenters. The number of hydrogen-bond acceptors (Lipinski definition) is 4. The molecule has 2 aromatic carbocycles. The number of aromatic nitrogens is 3. The maximum Gasteiger partial charge on any atom is 0.191 e. The molecule has 0 spiro atoms. The van der Waals surface area contributed by atoms with Gasteiger partial charge in [-0.15, -0.1) is 10.2 Å².